The van der Waals surface area contributed by atoms with Gasteiger partial charge in [0.1, 0.15) is 16.7 Å². The molecule has 0 saturated heterocycles. The predicted octanol–water partition coefficient (Wildman–Crippen LogP) is 15.1. The summed E-state index contributed by atoms with van der Waals surface area (Å²) in [6.07, 6.45) is 0. The quantitative estimate of drug-likeness (QED) is 0.173. The van der Waals surface area contributed by atoms with Crippen LogP contribution in [-0.4, -0.2) is 0 Å². The van der Waals surface area contributed by atoms with Crippen molar-refractivity contribution in [3.8, 4) is 33.4 Å². The number of anilines is 3. The van der Waals surface area contributed by atoms with E-state index in [1.54, 1.807) is 0 Å². The fraction of sp³-hybridized carbons (Fsp3) is 0. The lowest BCUT2D eigenvalue weighted by Gasteiger charge is -2.26. The van der Waals surface area contributed by atoms with E-state index in [-0.39, 0.29) is 0 Å². The van der Waals surface area contributed by atoms with E-state index in [2.05, 4.69) is 187 Å². The predicted molar refractivity (Wildman–Crippen MR) is 229 cm³/mol. The largest absolute Gasteiger partial charge is 0.456 e. The second kappa shape index (κ2) is 12.6. The van der Waals surface area contributed by atoms with Gasteiger partial charge in [-0.05, 0) is 81.1 Å². The van der Waals surface area contributed by atoms with E-state index >= 15 is 0 Å². The molecule has 0 N–H and O–H groups in total. The fourth-order valence-corrected chi connectivity index (χ4v) is 8.35. The first kappa shape index (κ1) is 31.2. The molecule has 0 atom stereocenters. The molecule has 0 bridgehead atoms. The molecule has 9 aromatic carbocycles. The highest BCUT2D eigenvalue weighted by atomic mass is 16.3. The Morgan fingerprint density at radius 3 is 1.82 bits per heavy atom. The van der Waals surface area contributed by atoms with Gasteiger partial charge in [0, 0.05) is 38.5 Å². The first-order valence-corrected chi connectivity index (χ1v) is 18.7. The van der Waals surface area contributed by atoms with Gasteiger partial charge in [0.05, 0.1) is 5.69 Å². The monoisotopic (exact) mass is 703 g/mol. The number of hydrogen-bond donors (Lipinski definition) is 0. The summed E-state index contributed by atoms with van der Waals surface area (Å²) in [5, 5.41) is 6.87. The van der Waals surface area contributed by atoms with Crippen LogP contribution in [0.25, 0.3) is 88.0 Å². The van der Waals surface area contributed by atoms with Crippen LogP contribution in [-0.2, 0) is 0 Å². The Morgan fingerprint density at radius 1 is 0.327 bits per heavy atom. The molecule has 0 aliphatic rings. The van der Waals surface area contributed by atoms with Crippen molar-refractivity contribution < 1.29 is 8.83 Å². The molecule has 0 saturated carbocycles. The second-order valence-corrected chi connectivity index (χ2v) is 14.0. The third-order valence-corrected chi connectivity index (χ3v) is 10.9. The Bertz CT molecular complexity index is 3200. The number of nitrogens with zero attached hydrogens (tertiary/aromatic N) is 1. The van der Waals surface area contributed by atoms with Crippen LogP contribution in [0.1, 0.15) is 0 Å². The van der Waals surface area contributed by atoms with Crippen molar-refractivity contribution in [3.63, 3.8) is 0 Å². The molecule has 0 amide bonds. The Labute approximate surface area is 317 Å². The summed E-state index contributed by atoms with van der Waals surface area (Å²) in [5.41, 5.74) is 13.3. The Hall–Kier alpha value is -7.36. The van der Waals surface area contributed by atoms with Gasteiger partial charge in [-0.2, -0.15) is 0 Å². The van der Waals surface area contributed by atoms with Crippen LogP contribution < -0.4 is 4.90 Å². The third kappa shape index (κ3) is 5.13. The molecule has 0 radical (unpaired) electrons. The molecule has 258 valence electrons. The fourth-order valence-electron chi connectivity index (χ4n) is 8.35. The Morgan fingerprint density at radius 2 is 0.927 bits per heavy atom. The molecule has 3 nitrogen and oxygen atoms in total. The summed E-state index contributed by atoms with van der Waals surface area (Å²) in [7, 11) is 0. The topological polar surface area (TPSA) is 29.5 Å². The Kier molecular flexibility index (Phi) is 7.17. The lowest BCUT2D eigenvalue weighted by Crippen LogP contribution is -2.10. The molecule has 0 aliphatic carbocycles. The van der Waals surface area contributed by atoms with E-state index in [1.165, 1.54) is 21.9 Å². The van der Waals surface area contributed by atoms with E-state index in [0.29, 0.717) is 0 Å². The van der Waals surface area contributed by atoms with E-state index in [9.17, 15) is 0 Å². The van der Waals surface area contributed by atoms with E-state index in [1.807, 2.05) is 18.2 Å². The first-order chi connectivity index (χ1) is 27.3. The number of rotatable bonds is 6. The lowest BCUT2D eigenvalue weighted by atomic mass is 9.97. The van der Waals surface area contributed by atoms with Crippen molar-refractivity contribution in [1.82, 2.24) is 0 Å². The molecule has 3 heteroatoms. The van der Waals surface area contributed by atoms with Gasteiger partial charge in [-0.1, -0.05) is 158 Å². The van der Waals surface area contributed by atoms with Crippen molar-refractivity contribution >= 4 is 71.7 Å². The summed E-state index contributed by atoms with van der Waals surface area (Å²) in [6.45, 7) is 0. The molecule has 0 aliphatic heterocycles. The normalized spacial score (nSPS) is 11.6. The number of benzene rings is 9. The van der Waals surface area contributed by atoms with Crippen molar-refractivity contribution in [3.05, 3.63) is 200 Å². The van der Waals surface area contributed by atoms with Gasteiger partial charge >= 0.3 is 0 Å². The van der Waals surface area contributed by atoms with Crippen molar-refractivity contribution in [2.24, 2.45) is 0 Å². The number of furan rings is 2. The number of fused-ring (bicyclic) bond motifs is 7. The zero-order valence-corrected chi connectivity index (χ0v) is 29.8. The maximum Gasteiger partial charge on any atom is 0.159 e. The van der Waals surface area contributed by atoms with Gasteiger partial charge in [0.15, 0.2) is 5.58 Å². The highest BCUT2D eigenvalue weighted by molar-refractivity contribution is 6.14. The molecule has 0 fully saturated rings. The minimum atomic E-state index is 0.840. The van der Waals surface area contributed by atoms with Crippen LogP contribution >= 0.6 is 0 Å². The maximum absolute atomic E-state index is 6.99. The lowest BCUT2D eigenvalue weighted by molar-refractivity contribution is 0.669. The molecule has 55 heavy (non-hydrogen) atoms. The molecule has 0 unspecified atom stereocenters. The van der Waals surface area contributed by atoms with Crippen molar-refractivity contribution in [2.45, 2.75) is 0 Å². The highest BCUT2D eigenvalue weighted by Gasteiger charge is 2.22. The second-order valence-electron chi connectivity index (χ2n) is 14.0. The summed E-state index contributed by atoms with van der Waals surface area (Å²) >= 11 is 0. The molecule has 11 rings (SSSR count). The van der Waals surface area contributed by atoms with Crippen LogP contribution in [0.4, 0.5) is 17.1 Å². The number of hydrogen-bond acceptors (Lipinski definition) is 3. The number of para-hydroxylation sites is 3. The van der Waals surface area contributed by atoms with Gasteiger partial charge < -0.3 is 13.7 Å². The third-order valence-electron chi connectivity index (χ3n) is 10.9. The minimum Gasteiger partial charge on any atom is -0.456 e. The van der Waals surface area contributed by atoms with Crippen LogP contribution in [0.5, 0.6) is 0 Å². The zero-order valence-electron chi connectivity index (χ0n) is 29.8. The van der Waals surface area contributed by atoms with E-state index in [0.717, 1.165) is 83.2 Å². The Balaban J connectivity index is 1.12. The van der Waals surface area contributed by atoms with Gasteiger partial charge in [-0.15, -0.1) is 0 Å². The van der Waals surface area contributed by atoms with Crippen LogP contribution in [0, 0.1) is 0 Å². The van der Waals surface area contributed by atoms with Gasteiger partial charge in [-0.3, -0.25) is 0 Å². The van der Waals surface area contributed by atoms with Gasteiger partial charge in [0.2, 0.25) is 0 Å². The van der Waals surface area contributed by atoms with Crippen molar-refractivity contribution in [1.29, 1.82) is 0 Å². The van der Waals surface area contributed by atoms with Crippen LogP contribution in [0.2, 0.25) is 0 Å². The SMILES string of the molecule is c1ccc(-c2cccc3c2oc2c(N(c4ccc(-c5cccc6ccccc56)cc4)c4cccc(-c5cccc6oc7ccccc7c56)c4)cccc23)cc1. The van der Waals surface area contributed by atoms with E-state index in [4.69, 9.17) is 8.83 Å². The molecule has 2 heterocycles. The van der Waals surface area contributed by atoms with Crippen LogP contribution in [0.15, 0.2) is 209 Å². The smallest absolute Gasteiger partial charge is 0.159 e. The molecule has 2 aromatic heterocycles. The zero-order chi connectivity index (χ0) is 36.3. The summed E-state index contributed by atoms with van der Waals surface area (Å²) in [5.74, 6) is 0. The van der Waals surface area contributed by atoms with Gasteiger partial charge in [0.25, 0.3) is 0 Å². The summed E-state index contributed by atoms with van der Waals surface area (Å²) in [4.78, 5) is 2.33. The first-order valence-electron chi connectivity index (χ1n) is 18.7. The standard InChI is InChI=1S/C52H33NO2/c1-2-13-35(14-3-1)43-23-10-24-44-45-25-11-26-47(52(45)55-51(43)44)53(38-31-29-36(30-32-38)41-21-9-16-34-15-4-5-19-40(34)41)39-18-8-17-37(33-39)42-22-12-28-49-50(42)46-20-6-7-27-48(46)54-49/h1-33H. The summed E-state index contributed by atoms with van der Waals surface area (Å²) in [6, 6.07) is 70.8. The average molecular weight is 704 g/mol. The molecular weight excluding hydrogens is 671 g/mol. The van der Waals surface area contributed by atoms with Crippen molar-refractivity contribution in [2.75, 3.05) is 4.90 Å². The minimum absolute atomic E-state index is 0.840. The van der Waals surface area contributed by atoms with E-state index < -0.39 is 0 Å². The average Bonchev–Trinajstić information content (AvgIpc) is 3.84. The van der Waals surface area contributed by atoms with Crippen LogP contribution in [0.3, 0.4) is 0 Å². The van der Waals surface area contributed by atoms with Gasteiger partial charge in [-0.25, -0.2) is 0 Å². The molecule has 11 aromatic rings. The molecular formula is C52H33NO2. The highest BCUT2D eigenvalue weighted by Crippen LogP contribution is 2.46. The summed E-state index contributed by atoms with van der Waals surface area (Å²) < 4.78 is 13.3. The maximum atomic E-state index is 6.99. The molecule has 0 spiro atoms.